The third kappa shape index (κ3) is 4.52. The largest absolute Gasteiger partial charge is 0.340 e. The minimum Gasteiger partial charge on any atom is -0.340 e. The monoisotopic (exact) mass is 368 g/mol. The zero-order valence-corrected chi connectivity index (χ0v) is 16.4. The van der Waals surface area contributed by atoms with E-state index in [9.17, 15) is 4.79 Å². The van der Waals surface area contributed by atoms with Gasteiger partial charge in [-0.2, -0.15) is 0 Å². The maximum absolute atomic E-state index is 13.0. The van der Waals surface area contributed by atoms with Crippen LogP contribution in [0.15, 0.2) is 30.6 Å². The van der Waals surface area contributed by atoms with Gasteiger partial charge in [-0.1, -0.05) is 18.6 Å². The summed E-state index contributed by atoms with van der Waals surface area (Å²) in [5.74, 6) is 0.316. The van der Waals surface area contributed by atoms with E-state index in [2.05, 4.69) is 25.4 Å². The fourth-order valence-electron chi connectivity index (χ4n) is 4.69. The number of aryl methyl sites for hydroxylation is 1. The predicted octanol–water partition coefficient (Wildman–Crippen LogP) is 3.68. The van der Waals surface area contributed by atoms with Crippen LogP contribution in [-0.2, 0) is 11.3 Å². The van der Waals surface area contributed by atoms with Gasteiger partial charge in [0.05, 0.1) is 17.4 Å². The van der Waals surface area contributed by atoms with Gasteiger partial charge in [-0.25, -0.2) is 4.98 Å². The van der Waals surface area contributed by atoms with Crippen LogP contribution >= 0.6 is 0 Å². The Morgan fingerprint density at radius 1 is 1.00 bits per heavy atom. The van der Waals surface area contributed by atoms with Crippen molar-refractivity contribution >= 4 is 16.9 Å². The number of imidazole rings is 1. The van der Waals surface area contributed by atoms with Crippen LogP contribution < -0.4 is 0 Å². The number of piperidine rings is 2. The van der Waals surface area contributed by atoms with Gasteiger partial charge in [-0.15, -0.1) is 0 Å². The van der Waals surface area contributed by atoms with Crippen LogP contribution in [-0.4, -0.2) is 57.5 Å². The van der Waals surface area contributed by atoms with Crippen molar-refractivity contribution in [3.8, 4) is 0 Å². The Kier molecular flexibility index (Phi) is 6.07. The highest BCUT2D eigenvalue weighted by Gasteiger charge is 2.27. The highest BCUT2D eigenvalue weighted by Crippen LogP contribution is 2.22. The molecule has 1 unspecified atom stereocenters. The van der Waals surface area contributed by atoms with E-state index in [1.54, 1.807) is 0 Å². The zero-order valence-electron chi connectivity index (χ0n) is 16.4. The Hall–Kier alpha value is -1.88. The number of para-hydroxylation sites is 2. The van der Waals surface area contributed by atoms with Gasteiger partial charge >= 0.3 is 0 Å². The molecule has 2 aliphatic rings. The van der Waals surface area contributed by atoms with Crippen molar-refractivity contribution < 1.29 is 4.79 Å². The minimum atomic E-state index is 0.316. The molecule has 2 saturated heterocycles. The van der Waals surface area contributed by atoms with Gasteiger partial charge in [0, 0.05) is 32.1 Å². The second kappa shape index (κ2) is 8.87. The SMILES string of the molecule is O=C(CCn1cnc2ccccc21)N1CCCCC1CCN1CCCCC1. The minimum absolute atomic E-state index is 0.316. The summed E-state index contributed by atoms with van der Waals surface area (Å²) in [5.41, 5.74) is 2.12. The summed E-state index contributed by atoms with van der Waals surface area (Å²) >= 11 is 0. The van der Waals surface area contributed by atoms with Gasteiger partial charge in [0.15, 0.2) is 0 Å². The molecule has 1 aromatic heterocycles. The number of hydrogen-bond donors (Lipinski definition) is 0. The molecule has 0 spiro atoms. The first kappa shape index (κ1) is 18.5. The summed E-state index contributed by atoms with van der Waals surface area (Å²) in [4.78, 5) is 22.2. The molecule has 1 atom stereocenters. The molecule has 27 heavy (non-hydrogen) atoms. The van der Waals surface area contributed by atoms with Crippen LogP contribution in [0.1, 0.15) is 51.4 Å². The van der Waals surface area contributed by atoms with E-state index in [0.29, 0.717) is 24.9 Å². The molecule has 0 radical (unpaired) electrons. The summed E-state index contributed by atoms with van der Waals surface area (Å²) in [6.45, 7) is 5.30. The fraction of sp³-hybridized carbons (Fsp3) is 0.636. The molecule has 2 fully saturated rings. The Morgan fingerprint density at radius 3 is 2.70 bits per heavy atom. The number of fused-ring (bicyclic) bond motifs is 1. The van der Waals surface area contributed by atoms with Crippen LogP contribution in [0.3, 0.4) is 0 Å². The average molecular weight is 369 g/mol. The van der Waals surface area contributed by atoms with E-state index in [-0.39, 0.29) is 0 Å². The molecular weight excluding hydrogens is 336 g/mol. The van der Waals surface area contributed by atoms with E-state index in [1.165, 1.54) is 45.2 Å². The van der Waals surface area contributed by atoms with Gasteiger partial charge in [0.25, 0.3) is 0 Å². The van der Waals surface area contributed by atoms with Crippen LogP contribution in [0, 0.1) is 0 Å². The molecule has 2 aromatic rings. The molecular formula is C22H32N4O. The molecule has 4 rings (SSSR count). The molecule has 1 aromatic carbocycles. The van der Waals surface area contributed by atoms with E-state index in [4.69, 9.17) is 0 Å². The van der Waals surface area contributed by atoms with E-state index in [1.807, 2.05) is 24.5 Å². The second-order valence-corrected chi connectivity index (χ2v) is 8.10. The van der Waals surface area contributed by atoms with Crippen molar-refractivity contribution in [2.45, 2.75) is 64.0 Å². The lowest BCUT2D eigenvalue weighted by Crippen LogP contribution is -2.45. The first-order chi connectivity index (χ1) is 13.3. The smallest absolute Gasteiger partial charge is 0.224 e. The Morgan fingerprint density at radius 2 is 1.81 bits per heavy atom. The lowest BCUT2D eigenvalue weighted by atomic mass is 9.98. The maximum Gasteiger partial charge on any atom is 0.224 e. The third-order valence-electron chi connectivity index (χ3n) is 6.27. The molecule has 0 bridgehead atoms. The molecule has 146 valence electrons. The highest BCUT2D eigenvalue weighted by atomic mass is 16.2. The number of rotatable bonds is 6. The Balaban J connectivity index is 1.32. The molecule has 5 heteroatoms. The Bertz CT molecular complexity index is 750. The topological polar surface area (TPSA) is 41.4 Å². The molecule has 5 nitrogen and oxygen atoms in total. The maximum atomic E-state index is 13.0. The number of likely N-dealkylation sites (tertiary alicyclic amines) is 2. The van der Waals surface area contributed by atoms with Crippen LogP contribution in [0.5, 0.6) is 0 Å². The van der Waals surface area contributed by atoms with Crippen molar-refractivity contribution in [3.63, 3.8) is 0 Å². The van der Waals surface area contributed by atoms with E-state index < -0.39 is 0 Å². The van der Waals surface area contributed by atoms with Gasteiger partial charge < -0.3 is 14.4 Å². The number of nitrogens with zero attached hydrogens (tertiary/aromatic N) is 4. The van der Waals surface area contributed by atoms with Gasteiger partial charge in [0.2, 0.25) is 5.91 Å². The number of benzene rings is 1. The fourth-order valence-corrected chi connectivity index (χ4v) is 4.69. The molecule has 1 amide bonds. The number of carbonyl (C=O) groups excluding carboxylic acids is 1. The molecule has 0 saturated carbocycles. The number of hydrogen-bond acceptors (Lipinski definition) is 3. The Labute approximate surface area is 162 Å². The highest BCUT2D eigenvalue weighted by molar-refractivity contribution is 5.78. The summed E-state index contributed by atoms with van der Waals surface area (Å²) in [7, 11) is 0. The summed E-state index contributed by atoms with van der Waals surface area (Å²) in [6, 6.07) is 8.58. The molecule has 3 heterocycles. The third-order valence-corrected chi connectivity index (χ3v) is 6.27. The van der Waals surface area contributed by atoms with Crippen LogP contribution in [0.4, 0.5) is 0 Å². The summed E-state index contributed by atoms with van der Waals surface area (Å²) in [6.07, 6.45) is 11.2. The summed E-state index contributed by atoms with van der Waals surface area (Å²) < 4.78 is 2.11. The lowest BCUT2D eigenvalue weighted by Gasteiger charge is -2.37. The summed E-state index contributed by atoms with van der Waals surface area (Å²) in [5, 5.41) is 0. The zero-order chi connectivity index (χ0) is 18.5. The molecule has 0 aliphatic carbocycles. The number of aromatic nitrogens is 2. The van der Waals surface area contributed by atoms with Crippen molar-refractivity contribution in [2.24, 2.45) is 0 Å². The van der Waals surface area contributed by atoms with Crippen molar-refractivity contribution in [1.82, 2.24) is 19.4 Å². The molecule has 2 aliphatic heterocycles. The standard InChI is InChI=1S/C22H32N4O/c27-22(12-17-25-18-23-20-9-2-3-10-21(20)25)26-15-7-4-8-19(26)11-16-24-13-5-1-6-14-24/h2-3,9-10,18-19H,1,4-8,11-17H2. The van der Waals surface area contributed by atoms with Crippen molar-refractivity contribution in [3.05, 3.63) is 30.6 Å². The first-order valence-electron chi connectivity index (χ1n) is 10.7. The number of amides is 1. The van der Waals surface area contributed by atoms with Crippen molar-refractivity contribution in [2.75, 3.05) is 26.2 Å². The van der Waals surface area contributed by atoms with Crippen molar-refractivity contribution in [1.29, 1.82) is 0 Å². The normalized spacial score (nSPS) is 21.6. The van der Waals surface area contributed by atoms with Crippen LogP contribution in [0.2, 0.25) is 0 Å². The van der Waals surface area contributed by atoms with Gasteiger partial charge in [-0.3, -0.25) is 4.79 Å². The predicted molar refractivity (Wildman–Crippen MR) is 109 cm³/mol. The number of carbonyl (C=O) groups is 1. The first-order valence-corrected chi connectivity index (χ1v) is 10.7. The van der Waals surface area contributed by atoms with E-state index >= 15 is 0 Å². The average Bonchev–Trinajstić information content (AvgIpc) is 3.15. The quantitative estimate of drug-likeness (QED) is 0.781. The van der Waals surface area contributed by atoms with Gasteiger partial charge in [0.1, 0.15) is 0 Å². The molecule has 0 N–H and O–H groups in total. The second-order valence-electron chi connectivity index (χ2n) is 8.10. The van der Waals surface area contributed by atoms with E-state index in [0.717, 1.165) is 37.0 Å². The van der Waals surface area contributed by atoms with Gasteiger partial charge in [-0.05, 0) is 63.7 Å². The lowest BCUT2D eigenvalue weighted by molar-refractivity contribution is -0.135. The van der Waals surface area contributed by atoms with Crippen LogP contribution in [0.25, 0.3) is 11.0 Å².